The molecule has 0 heterocycles. The summed E-state index contributed by atoms with van der Waals surface area (Å²) in [5.41, 5.74) is 6.12. The summed E-state index contributed by atoms with van der Waals surface area (Å²) < 4.78 is 21.8. The number of halogens is 1. The summed E-state index contributed by atoms with van der Waals surface area (Å²) in [6.07, 6.45) is 0. The van der Waals surface area contributed by atoms with E-state index in [0.29, 0.717) is 13.1 Å². The van der Waals surface area contributed by atoms with E-state index in [2.05, 4.69) is 5.32 Å². The van der Waals surface area contributed by atoms with E-state index in [0.717, 1.165) is 5.69 Å². The lowest BCUT2D eigenvalue weighted by Gasteiger charge is -2.04. The van der Waals surface area contributed by atoms with Gasteiger partial charge in [-0.15, -0.1) is 12.4 Å². The Balaban J connectivity index is 0.00000196. The molecule has 0 aromatic heterocycles. The van der Waals surface area contributed by atoms with Crippen molar-refractivity contribution in [1.82, 2.24) is 0 Å². The quantitative estimate of drug-likeness (QED) is 0.708. The van der Waals surface area contributed by atoms with Crippen molar-refractivity contribution >= 4 is 28.1 Å². The van der Waals surface area contributed by atoms with Crippen LogP contribution in [0.3, 0.4) is 0 Å². The fourth-order valence-electron chi connectivity index (χ4n) is 0.979. The van der Waals surface area contributed by atoms with Crippen molar-refractivity contribution in [2.45, 2.75) is 4.90 Å². The molecule has 0 aliphatic carbocycles. The number of benzene rings is 1. The van der Waals surface area contributed by atoms with Gasteiger partial charge in [0.1, 0.15) is 0 Å². The van der Waals surface area contributed by atoms with E-state index >= 15 is 0 Å². The van der Waals surface area contributed by atoms with Crippen LogP contribution in [-0.2, 0) is 10.0 Å². The summed E-state index contributed by atoms with van der Waals surface area (Å²) in [5, 5.41) is 7.95. The van der Waals surface area contributed by atoms with E-state index in [9.17, 15) is 8.42 Å². The number of primary sulfonamides is 1. The van der Waals surface area contributed by atoms with Gasteiger partial charge in [0.05, 0.1) is 4.90 Å². The average molecular weight is 252 g/mol. The fourth-order valence-corrected chi connectivity index (χ4v) is 1.49. The lowest BCUT2D eigenvalue weighted by Crippen LogP contribution is -2.14. The summed E-state index contributed by atoms with van der Waals surface area (Å²) in [7, 11) is -3.59. The zero-order valence-corrected chi connectivity index (χ0v) is 9.64. The van der Waals surface area contributed by atoms with Gasteiger partial charge in [0.25, 0.3) is 0 Å². The van der Waals surface area contributed by atoms with Gasteiger partial charge in [-0.2, -0.15) is 0 Å². The molecule has 0 spiro atoms. The van der Waals surface area contributed by atoms with E-state index in [4.69, 9.17) is 10.9 Å². The maximum absolute atomic E-state index is 10.9. The molecule has 0 fully saturated rings. The van der Waals surface area contributed by atoms with Gasteiger partial charge in [0, 0.05) is 18.8 Å². The number of rotatable bonds is 4. The molecular formula is C8H14ClN3O2S. The van der Waals surface area contributed by atoms with E-state index in [-0.39, 0.29) is 17.3 Å². The predicted molar refractivity (Wildman–Crippen MR) is 62.6 cm³/mol. The molecule has 0 amide bonds. The molecule has 0 saturated heterocycles. The number of hydrogen-bond acceptors (Lipinski definition) is 4. The predicted octanol–water partition coefficient (Wildman–Crippen LogP) is 0.126. The van der Waals surface area contributed by atoms with Gasteiger partial charge in [-0.1, -0.05) is 0 Å². The van der Waals surface area contributed by atoms with Crippen molar-refractivity contribution in [1.29, 1.82) is 0 Å². The van der Waals surface area contributed by atoms with Crippen LogP contribution in [0.5, 0.6) is 0 Å². The number of anilines is 1. The first-order valence-corrected chi connectivity index (χ1v) is 5.65. The van der Waals surface area contributed by atoms with Crippen molar-refractivity contribution in [3.8, 4) is 0 Å². The van der Waals surface area contributed by atoms with E-state index in [1.807, 2.05) is 0 Å². The number of nitrogens with one attached hydrogen (secondary N) is 1. The summed E-state index contributed by atoms with van der Waals surface area (Å²) >= 11 is 0. The number of hydrogen-bond donors (Lipinski definition) is 3. The van der Waals surface area contributed by atoms with Crippen molar-refractivity contribution in [3.63, 3.8) is 0 Å². The molecule has 1 aromatic carbocycles. The lowest BCUT2D eigenvalue weighted by atomic mass is 10.3. The summed E-state index contributed by atoms with van der Waals surface area (Å²) in [5.74, 6) is 0. The third-order valence-corrected chi connectivity index (χ3v) is 2.59. The van der Waals surface area contributed by atoms with Gasteiger partial charge in [-0.25, -0.2) is 13.6 Å². The smallest absolute Gasteiger partial charge is 0.238 e. The molecule has 1 rings (SSSR count). The fraction of sp³-hybridized carbons (Fsp3) is 0.250. The Labute approximate surface area is 95.3 Å². The molecule has 0 bridgehead atoms. The van der Waals surface area contributed by atoms with Crippen LogP contribution in [0.4, 0.5) is 5.69 Å². The van der Waals surface area contributed by atoms with Crippen LogP contribution >= 0.6 is 12.4 Å². The summed E-state index contributed by atoms with van der Waals surface area (Å²) in [6, 6.07) is 6.20. The number of nitrogens with two attached hydrogens (primary N) is 2. The monoisotopic (exact) mass is 251 g/mol. The van der Waals surface area contributed by atoms with Crippen molar-refractivity contribution < 1.29 is 8.42 Å². The highest BCUT2D eigenvalue weighted by molar-refractivity contribution is 7.89. The van der Waals surface area contributed by atoms with Crippen LogP contribution in [0, 0.1) is 0 Å². The zero-order chi connectivity index (χ0) is 10.6. The third-order valence-electron chi connectivity index (χ3n) is 1.66. The van der Waals surface area contributed by atoms with E-state index < -0.39 is 10.0 Å². The minimum absolute atomic E-state index is 0. The Hall–Kier alpha value is -0.820. The molecular weight excluding hydrogens is 238 g/mol. The molecule has 15 heavy (non-hydrogen) atoms. The normalized spacial score (nSPS) is 10.5. The second kappa shape index (κ2) is 5.92. The maximum Gasteiger partial charge on any atom is 0.238 e. The molecule has 0 atom stereocenters. The van der Waals surface area contributed by atoms with Crippen molar-refractivity contribution in [2.24, 2.45) is 10.9 Å². The summed E-state index contributed by atoms with van der Waals surface area (Å²) in [4.78, 5) is 0.107. The first-order chi connectivity index (χ1) is 6.54. The lowest BCUT2D eigenvalue weighted by molar-refractivity contribution is 0.598. The molecule has 86 valence electrons. The molecule has 0 radical (unpaired) electrons. The standard InChI is InChI=1S/C8H13N3O2S.ClH/c9-5-6-11-7-1-3-8(4-2-7)14(10,12)13;/h1-4,11H,5-6,9H2,(H2,10,12,13);1H. The molecule has 7 heteroatoms. The minimum atomic E-state index is -3.59. The molecule has 1 aromatic rings. The molecule has 0 aliphatic heterocycles. The van der Waals surface area contributed by atoms with Gasteiger partial charge in [-0.05, 0) is 24.3 Å². The first-order valence-electron chi connectivity index (χ1n) is 4.11. The molecule has 0 unspecified atom stereocenters. The Bertz CT molecular complexity index is 391. The Morgan fingerprint density at radius 3 is 2.13 bits per heavy atom. The maximum atomic E-state index is 10.9. The second-order valence-corrected chi connectivity index (χ2v) is 4.35. The molecule has 5 nitrogen and oxygen atoms in total. The van der Waals surface area contributed by atoms with Gasteiger partial charge in [-0.3, -0.25) is 0 Å². The van der Waals surface area contributed by atoms with Gasteiger partial charge >= 0.3 is 0 Å². The van der Waals surface area contributed by atoms with Crippen LogP contribution < -0.4 is 16.2 Å². The molecule has 0 aliphatic rings. The van der Waals surface area contributed by atoms with Crippen LogP contribution in [0.2, 0.25) is 0 Å². The van der Waals surface area contributed by atoms with E-state index in [1.54, 1.807) is 12.1 Å². The van der Waals surface area contributed by atoms with Crippen molar-refractivity contribution in [3.05, 3.63) is 24.3 Å². The summed E-state index contributed by atoms with van der Waals surface area (Å²) in [6.45, 7) is 1.17. The average Bonchev–Trinajstić information content (AvgIpc) is 2.14. The Morgan fingerprint density at radius 1 is 1.20 bits per heavy atom. The topological polar surface area (TPSA) is 98.2 Å². The van der Waals surface area contributed by atoms with Crippen LogP contribution in [0.1, 0.15) is 0 Å². The van der Waals surface area contributed by atoms with Crippen molar-refractivity contribution in [2.75, 3.05) is 18.4 Å². The Morgan fingerprint density at radius 2 is 1.73 bits per heavy atom. The molecule has 5 N–H and O–H groups in total. The van der Waals surface area contributed by atoms with Gasteiger partial charge in [0.15, 0.2) is 0 Å². The highest BCUT2D eigenvalue weighted by Gasteiger charge is 2.05. The van der Waals surface area contributed by atoms with Gasteiger partial charge < -0.3 is 11.1 Å². The highest BCUT2D eigenvalue weighted by Crippen LogP contribution is 2.11. The first kappa shape index (κ1) is 14.2. The van der Waals surface area contributed by atoms with Crippen LogP contribution in [0.25, 0.3) is 0 Å². The van der Waals surface area contributed by atoms with Crippen LogP contribution in [0.15, 0.2) is 29.2 Å². The second-order valence-electron chi connectivity index (χ2n) is 2.78. The zero-order valence-electron chi connectivity index (χ0n) is 8.01. The van der Waals surface area contributed by atoms with Crippen LogP contribution in [-0.4, -0.2) is 21.5 Å². The van der Waals surface area contributed by atoms with Gasteiger partial charge in [0.2, 0.25) is 10.0 Å². The SMILES string of the molecule is Cl.NCCNc1ccc(S(N)(=O)=O)cc1. The van der Waals surface area contributed by atoms with E-state index in [1.165, 1.54) is 12.1 Å². The number of sulfonamides is 1. The highest BCUT2D eigenvalue weighted by atomic mass is 35.5. The largest absolute Gasteiger partial charge is 0.384 e. The third kappa shape index (κ3) is 4.48. The minimum Gasteiger partial charge on any atom is -0.384 e. The Kier molecular flexibility index (Phi) is 5.59. The molecule has 0 saturated carbocycles.